The van der Waals surface area contributed by atoms with Gasteiger partial charge in [-0.3, -0.25) is 4.79 Å². The number of aromatic amines is 1. The normalized spacial score (nSPS) is 11.1. The van der Waals surface area contributed by atoms with E-state index in [1.54, 1.807) is 0 Å². The Morgan fingerprint density at radius 1 is 1.30 bits per heavy atom. The summed E-state index contributed by atoms with van der Waals surface area (Å²) in [6.45, 7) is 3.85. The van der Waals surface area contributed by atoms with Crippen molar-refractivity contribution in [2.75, 3.05) is 5.75 Å². The molecule has 0 radical (unpaired) electrons. The maximum Gasteiger partial charge on any atom is 0.254 e. The number of thioether (sulfide) groups is 1. The molecule has 0 aliphatic rings. The summed E-state index contributed by atoms with van der Waals surface area (Å²) in [6.07, 6.45) is 4.86. The third-order valence-electron chi connectivity index (χ3n) is 2.98. The standard InChI is InChI=1S/C16H18N2OS/c1-3-14-12(2)17-16(18-15(14)19)20-11-7-10-13-8-5-4-6-9-13/h4-10H,3,11H2,1-2H3,(H,17,18,19). The quantitative estimate of drug-likeness (QED) is 0.676. The Kier molecular flexibility index (Phi) is 5.18. The van der Waals surface area contributed by atoms with Crippen molar-refractivity contribution in [1.82, 2.24) is 9.97 Å². The molecule has 0 aliphatic carbocycles. The molecule has 2 aromatic rings. The molecule has 0 spiro atoms. The second-order valence-corrected chi connectivity index (χ2v) is 5.42. The van der Waals surface area contributed by atoms with E-state index < -0.39 is 0 Å². The zero-order valence-electron chi connectivity index (χ0n) is 11.7. The van der Waals surface area contributed by atoms with Crippen LogP contribution in [-0.4, -0.2) is 15.7 Å². The van der Waals surface area contributed by atoms with Gasteiger partial charge in [0.2, 0.25) is 0 Å². The van der Waals surface area contributed by atoms with Crippen molar-refractivity contribution in [2.45, 2.75) is 25.4 Å². The Hall–Kier alpha value is -1.81. The number of hydrogen-bond donors (Lipinski definition) is 1. The van der Waals surface area contributed by atoms with Gasteiger partial charge >= 0.3 is 0 Å². The summed E-state index contributed by atoms with van der Waals surface area (Å²) in [5.74, 6) is 0.781. The second-order valence-electron chi connectivity index (χ2n) is 4.41. The fourth-order valence-electron chi connectivity index (χ4n) is 1.94. The summed E-state index contributed by atoms with van der Waals surface area (Å²) < 4.78 is 0. The Morgan fingerprint density at radius 2 is 2.05 bits per heavy atom. The van der Waals surface area contributed by atoms with E-state index in [1.165, 1.54) is 17.3 Å². The van der Waals surface area contributed by atoms with E-state index in [2.05, 4.69) is 34.3 Å². The summed E-state index contributed by atoms with van der Waals surface area (Å²) >= 11 is 1.53. The summed E-state index contributed by atoms with van der Waals surface area (Å²) in [4.78, 5) is 19.1. The molecule has 2 rings (SSSR count). The van der Waals surface area contributed by atoms with Gasteiger partial charge in [-0.1, -0.05) is 61.2 Å². The number of nitrogens with zero attached hydrogens (tertiary/aromatic N) is 1. The van der Waals surface area contributed by atoms with Gasteiger partial charge in [0, 0.05) is 17.0 Å². The van der Waals surface area contributed by atoms with E-state index in [4.69, 9.17) is 0 Å². The number of aromatic nitrogens is 2. The van der Waals surface area contributed by atoms with Crippen LogP contribution in [0.3, 0.4) is 0 Å². The first-order valence-electron chi connectivity index (χ1n) is 6.65. The first-order valence-corrected chi connectivity index (χ1v) is 7.63. The first kappa shape index (κ1) is 14.6. The maximum absolute atomic E-state index is 11.8. The molecule has 104 valence electrons. The molecule has 1 aromatic carbocycles. The van der Waals surface area contributed by atoms with Gasteiger partial charge in [0.15, 0.2) is 5.16 Å². The minimum Gasteiger partial charge on any atom is -0.301 e. The average molecular weight is 286 g/mol. The average Bonchev–Trinajstić information content (AvgIpc) is 2.44. The van der Waals surface area contributed by atoms with Crippen molar-refractivity contribution in [2.24, 2.45) is 0 Å². The summed E-state index contributed by atoms with van der Waals surface area (Å²) in [6, 6.07) is 10.1. The topological polar surface area (TPSA) is 45.8 Å². The Balaban J connectivity index is 1.98. The van der Waals surface area contributed by atoms with Crippen LogP contribution in [0.15, 0.2) is 46.4 Å². The number of benzene rings is 1. The third kappa shape index (κ3) is 3.84. The minimum absolute atomic E-state index is 0.0189. The molecule has 0 unspecified atom stereocenters. The monoisotopic (exact) mass is 286 g/mol. The fraction of sp³-hybridized carbons (Fsp3) is 0.250. The van der Waals surface area contributed by atoms with Crippen LogP contribution in [0, 0.1) is 6.92 Å². The molecule has 20 heavy (non-hydrogen) atoms. The lowest BCUT2D eigenvalue weighted by atomic mass is 10.2. The molecule has 1 heterocycles. The van der Waals surface area contributed by atoms with Gasteiger partial charge in [0.05, 0.1) is 0 Å². The molecular formula is C16H18N2OS. The van der Waals surface area contributed by atoms with Gasteiger partial charge in [-0.2, -0.15) is 0 Å². The summed E-state index contributed by atoms with van der Waals surface area (Å²) in [5, 5.41) is 0.683. The zero-order chi connectivity index (χ0) is 14.4. The van der Waals surface area contributed by atoms with Crippen LogP contribution in [-0.2, 0) is 6.42 Å². The molecule has 0 aliphatic heterocycles. The van der Waals surface area contributed by atoms with Crippen molar-refractivity contribution in [3.05, 3.63) is 63.6 Å². The molecule has 1 N–H and O–H groups in total. The van der Waals surface area contributed by atoms with Gasteiger partial charge in [0.1, 0.15) is 0 Å². The molecule has 0 atom stereocenters. The Labute approximate surface area is 123 Å². The highest BCUT2D eigenvalue weighted by molar-refractivity contribution is 7.99. The minimum atomic E-state index is -0.0189. The van der Waals surface area contributed by atoms with Gasteiger partial charge in [0.25, 0.3) is 5.56 Å². The van der Waals surface area contributed by atoms with Crippen molar-refractivity contribution in [1.29, 1.82) is 0 Å². The lowest BCUT2D eigenvalue weighted by molar-refractivity contribution is 0.860. The van der Waals surface area contributed by atoms with Gasteiger partial charge < -0.3 is 4.98 Å². The molecule has 0 amide bonds. The maximum atomic E-state index is 11.8. The molecular weight excluding hydrogens is 268 g/mol. The number of H-pyrrole nitrogens is 1. The lowest BCUT2D eigenvalue weighted by Crippen LogP contribution is -2.16. The predicted molar refractivity (Wildman–Crippen MR) is 85.2 cm³/mol. The highest BCUT2D eigenvalue weighted by Gasteiger charge is 2.05. The highest BCUT2D eigenvalue weighted by Crippen LogP contribution is 2.13. The Bertz CT molecular complexity index is 647. The number of rotatable bonds is 5. The second kappa shape index (κ2) is 7.10. The van der Waals surface area contributed by atoms with Crippen LogP contribution < -0.4 is 5.56 Å². The predicted octanol–water partition coefficient (Wildman–Crippen LogP) is 3.45. The van der Waals surface area contributed by atoms with Crippen LogP contribution in [0.1, 0.15) is 23.7 Å². The first-order chi connectivity index (χ1) is 9.70. The van der Waals surface area contributed by atoms with Crippen molar-refractivity contribution < 1.29 is 0 Å². The van der Waals surface area contributed by atoms with E-state index in [0.29, 0.717) is 11.6 Å². The Morgan fingerprint density at radius 3 is 2.70 bits per heavy atom. The van der Waals surface area contributed by atoms with Gasteiger partial charge in [-0.05, 0) is 18.9 Å². The van der Waals surface area contributed by atoms with Crippen LogP contribution in [0.4, 0.5) is 0 Å². The van der Waals surface area contributed by atoms with Crippen LogP contribution in [0.5, 0.6) is 0 Å². The smallest absolute Gasteiger partial charge is 0.254 e. The highest BCUT2D eigenvalue weighted by atomic mass is 32.2. The molecule has 1 aromatic heterocycles. The van der Waals surface area contributed by atoms with Crippen LogP contribution in [0.25, 0.3) is 6.08 Å². The fourth-order valence-corrected chi connectivity index (χ4v) is 2.66. The molecule has 0 fully saturated rings. The molecule has 0 bridgehead atoms. The largest absolute Gasteiger partial charge is 0.301 e. The summed E-state index contributed by atoms with van der Waals surface area (Å²) in [5.41, 5.74) is 2.75. The van der Waals surface area contributed by atoms with Crippen LogP contribution >= 0.6 is 11.8 Å². The van der Waals surface area contributed by atoms with E-state index in [0.717, 1.165) is 17.0 Å². The number of nitrogens with one attached hydrogen (secondary N) is 1. The van der Waals surface area contributed by atoms with Gasteiger partial charge in [-0.15, -0.1) is 0 Å². The molecule has 4 heteroatoms. The van der Waals surface area contributed by atoms with E-state index >= 15 is 0 Å². The van der Waals surface area contributed by atoms with E-state index in [9.17, 15) is 4.79 Å². The molecule has 0 saturated carbocycles. The SMILES string of the molecule is CCc1c(C)nc(SCC=Cc2ccccc2)[nH]c1=O. The van der Waals surface area contributed by atoms with Crippen molar-refractivity contribution in [3.63, 3.8) is 0 Å². The summed E-state index contributed by atoms with van der Waals surface area (Å²) in [7, 11) is 0. The zero-order valence-corrected chi connectivity index (χ0v) is 12.5. The molecule has 3 nitrogen and oxygen atoms in total. The van der Waals surface area contributed by atoms with Crippen molar-refractivity contribution in [3.8, 4) is 0 Å². The molecule has 0 saturated heterocycles. The van der Waals surface area contributed by atoms with Gasteiger partial charge in [-0.25, -0.2) is 4.98 Å². The number of hydrogen-bond acceptors (Lipinski definition) is 3. The van der Waals surface area contributed by atoms with Crippen LogP contribution in [0.2, 0.25) is 0 Å². The van der Waals surface area contributed by atoms with Crippen molar-refractivity contribution >= 4 is 17.8 Å². The van der Waals surface area contributed by atoms with E-state index in [1.807, 2.05) is 32.0 Å². The van der Waals surface area contributed by atoms with E-state index in [-0.39, 0.29) is 5.56 Å². The third-order valence-corrected chi connectivity index (χ3v) is 3.81. The lowest BCUT2D eigenvalue weighted by Gasteiger charge is -2.03. The number of aryl methyl sites for hydroxylation is 1.